The molecule has 2 saturated carbocycles. The number of hydrogen-bond donors (Lipinski definition) is 1. The van der Waals surface area contributed by atoms with Crippen LogP contribution in [-0.2, 0) is 4.79 Å². The highest BCUT2D eigenvalue weighted by Crippen LogP contribution is 2.45. The van der Waals surface area contributed by atoms with Gasteiger partial charge in [0.05, 0.1) is 5.41 Å². The molecule has 1 aliphatic heterocycles. The maximum absolute atomic E-state index is 12.1. The fraction of sp³-hybridized carbons (Fsp3) is 0.800. The topological polar surface area (TPSA) is 49.4 Å². The number of urea groups is 1. The van der Waals surface area contributed by atoms with Crippen LogP contribution in [0.1, 0.15) is 32.1 Å². The highest BCUT2D eigenvalue weighted by Gasteiger charge is 2.53. The molecule has 14 heavy (non-hydrogen) atoms. The van der Waals surface area contributed by atoms with Gasteiger partial charge in [0.2, 0.25) is 5.91 Å². The zero-order valence-electron chi connectivity index (χ0n) is 8.08. The molecule has 1 saturated heterocycles. The first kappa shape index (κ1) is 8.26. The first-order chi connectivity index (χ1) is 6.73. The van der Waals surface area contributed by atoms with Gasteiger partial charge in [-0.25, -0.2) is 4.79 Å². The number of carbonyl (C=O) groups excluding carboxylic acids is 2. The molecule has 3 amide bonds. The van der Waals surface area contributed by atoms with Crippen LogP contribution in [-0.4, -0.2) is 29.4 Å². The van der Waals surface area contributed by atoms with E-state index in [1.807, 2.05) is 0 Å². The first-order valence-corrected chi connectivity index (χ1v) is 5.34. The third-order valence-electron chi connectivity index (χ3n) is 3.69. The summed E-state index contributed by atoms with van der Waals surface area (Å²) in [6, 6.07) is 0.0373. The van der Waals surface area contributed by atoms with Crippen LogP contribution >= 0.6 is 0 Å². The van der Waals surface area contributed by atoms with Crippen molar-refractivity contribution in [1.82, 2.24) is 10.2 Å². The molecular weight excluding hydrogens is 180 g/mol. The van der Waals surface area contributed by atoms with Gasteiger partial charge < -0.3 is 5.32 Å². The van der Waals surface area contributed by atoms with Crippen molar-refractivity contribution in [3.05, 3.63) is 0 Å². The number of imide groups is 1. The molecule has 0 aromatic carbocycles. The normalized spacial score (nSPS) is 30.1. The average Bonchev–Trinajstić information content (AvgIpc) is 2.85. The predicted molar refractivity (Wildman–Crippen MR) is 49.6 cm³/mol. The van der Waals surface area contributed by atoms with E-state index in [9.17, 15) is 9.59 Å². The number of rotatable bonds is 1. The van der Waals surface area contributed by atoms with Crippen molar-refractivity contribution in [3.8, 4) is 0 Å². The highest BCUT2D eigenvalue weighted by atomic mass is 16.2. The molecule has 0 bridgehead atoms. The number of nitrogens with one attached hydrogen (secondary N) is 1. The van der Waals surface area contributed by atoms with Gasteiger partial charge >= 0.3 is 6.03 Å². The number of carbonyl (C=O) groups is 2. The number of hydrogen-bond acceptors (Lipinski definition) is 2. The van der Waals surface area contributed by atoms with Gasteiger partial charge in [-0.2, -0.15) is 0 Å². The Labute approximate surface area is 82.6 Å². The van der Waals surface area contributed by atoms with Gasteiger partial charge in [0.15, 0.2) is 0 Å². The smallest absolute Gasteiger partial charge is 0.324 e. The Hall–Kier alpha value is -1.06. The van der Waals surface area contributed by atoms with Crippen LogP contribution in [0.15, 0.2) is 0 Å². The monoisotopic (exact) mass is 194 g/mol. The van der Waals surface area contributed by atoms with Crippen LogP contribution in [0.5, 0.6) is 0 Å². The second-order valence-corrected chi connectivity index (χ2v) is 4.70. The van der Waals surface area contributed by atoms with Crippen molar-refractivity contribution in [2.24, 2.45) is 5.41 Å². The summed E-state index contributed by atoms with van der Waals surface area (Å²) in [6.07, 6.45) is 5.02. The van der Waals surface area contributed by atoms with E-state index in [0.29, 0.717) is 6.54 Å². The van der Waals surface area contributed by atoms with Crippen LogP contribution < -0.4 is 5.32 Å². The summed E-state index contributed by atoms with van der Waals surface area (Å²) in [5, 5.41) is 2.84. The standard InChI is InChI=1S/C10H14N2O2/c13-8-10(4-1-5-10)6-11-9(14)12(8)7-2-3-7/h7H,1-6H2,(H,11,14). The van der Waals surface area contributed by atoms with E-state index in [1.54, 1.807) is 0 Å². The van der Waals surface area contributed by atoms with E-state index in [4.69, 9.17) is 0 Å². The molecule has 4 heteroatoms. The molecule has 76 valence electrons. The molecule has 0 unspecified atom stereocenters. The third kappa shape index (κ3) is 0.938. The molecule has 0 atom stereocenters. The highest BCUT2D eigenvalue weighted by molar-refractivity contribution is 6.01. The third-order valence-corrected chi connectivity index (χ3v) is 3.69. The summed E-state index contributed by atoms with van der Waals surface area (Å²) in [6.45, 7) is 0.563. The van der Waals surface area contributed by atoms with Crippen molar-refractivity contribution < 1.29 is 9.59 Å². The number of nitrogens with zero attached hydrogens (tertiary/aromatic N) is 1. The zero-order valence-corrected chi connectivity index (χ0v) is 8.08. The van der Waals surface area contributed by atoms with E-state index in [2.05, 4.69) is 5.32 Å². The van der Waals surface area contributed by atoms with Gasteiger partial charge in [-0.15, -0.1) is 0 Å². The van der Waals surface area contributed by atoms with E-state index >= 15 is 0 Å². The van der Waals surface area contributed by atoms with Gasteiger partial charge in [-0.3, -0.25) is 9.69 Å². The summed E-state index contributed by atoms with van der Waals surface area (Å²) in [5.41, 5.74) is -0.212. The Morgan fingerprint density at radius 2 is 2.00 bits per heavy atom. The molecule has 3 aliphatic rings. The minimum absolute atomic E-state index is 0.0926. The SMILES string of the molecule is O=C1NCC2(CCC2)C(=O)N1C1CC1. The summed E-state index contributed by atoms with van der Waals surface area (Å²) in [5.74, 6) is 0.0926. The first-order valence-electron chi connectivity index (χ1n) is 5.34. The van der Waals surface area contributed by atoms with Crippen LogP contribution in [0.4, 0.5) is 4.79 Å². The predicted octanol–water partition coefficient (Wildman–Crippen LogP) is 0.871. The molecule has 4 nitrogen and oxygen atoms in total. The lowest BCUT2D eigenvalue weighted by atomic mass is 9.67. The molecule has 3 fully saturated rings. The lowest BCUT2D eigenvalue weighted by Gasteiger charge is -2.46. The Balaban J connectivity index is 1.87. The van der Waals surface area contributed by atoms with Gasteiger partial charge in [0, 0.05) is 12.6 Å². The lowest BCUT2D eigenvalue weighted by Crippen LogP contribution is -2.63. The summed E-state index contributed by atoms with van der Waals surface area (Å²) in [4.78, 5) is 25.1. The van der Waals surface area contributed by atoms with E-state index in [-0.39, 0.29) is 23.4 Å². The van der Waals surface area contributed by atoms with Crippen molar-refractivity contribution in [2.45, 2.75) is 38.1 Å². The average molecular weight is 194 g/mol. The van der Waals surface area contributed by atoms with Crippen molar-refractivity contribution in [1.29, 1.82) is 0 Å². The molecule has 0 radical (unpaired) electrons. The Morgan fingerprint density at radius 3 is 2.50 bits per heavy atom. The zero-order chi connectivity index (χ0) is 9.76. The molecule has 0 aromatic heterocycles. The summed E-state index contributed by atoms with van der Waals surface area (Å²) < 4.78 is 0. The number of amides is 3. The maximum Gasteiger partial charge on any atom is 0.324 e. The van der Waals surface area contributed by atoms with E-state index in [1.165, 1.54) is 4.90 Å². The molecule has 1 N–H and O–H groups in total. The summed E-state index contributed by atoms with van der Waals surface area (Å²) in [7, 11) is 0. The lowest BCUT2D eigenvalue weighted by molar-refractivity contribution is -0.146. The molecule has 1 heterocycles. The fourth-order valence-electron chi connectivity index (χ4n) is 2.41. The fourth-order valence-corrected chi connectivity index (χ4v) is 2.41. The Morgan fingerprint density at radius 1 is 1.29 bits per heavy atom. The second-order valence-electron chi connectivity index (χ2n) is 4.70. The molecular formula is C10H14N2O2. The van der Waals surface area contributed by atoms with E-state index in [0.717, 1.165) is 32.1 Å². The van der Waals surface area contributed by atoms with Crippen molar-refractivity contribution in [3.63, 3.8) is 0 Å². The van der Waals surface area contributed by atoms with Crippen LogP contribution in [0, 0.1) is 5.41 Å². The minimum Gasteiger partial charge on any atom is -0.337 e. The minimum atomic E-state index is -0.212. The van der Waals surface area contributed by atoms with Crippen LogP contribution in [0.2, 0.25) is 0 Å². The molecule has 3 rings (SSSR count). The molecule has 0 aromatic rings. The van der Waals surface area contributed by atoms with Crippen molar-refractivity contribution >= 4 is 11.9 Å². The molecule has 1 spiro atoms. The Bertz CT molecular complexity index is 305. The Kier molecular flexibility index (Phi) is 1.47. The quantitative estimate of drug-likeness (QED) is 0.673. The van der Waals surface area contributed by atoms with Gasteiger partial charge in [-0.1, -0.05) is 6.42 Å². The van der Waals surface area contributed by atoms with Gasteiger partial charge in [0.1, 0.15) is 0 Å². The van der Waals surface area contributed by atoms with Gasteiger partial charge in [-0.05, 0) is 25.7 Å². The second kappa shape index (κ2) is 2.49. The maximum atomic E-state index is 12.1. The molecule has 2 aliphatic carbocycles. The van der Waals surface area contributed by atoms with E-state index < -0.39 is 0 Å². The van der Waals surface area contributed by atoms with Crippen molar-refractivity contribution in [2.75, 3.05) is 6.54 Å². The van der Waals surface area contributed by atoms with Crippen LogP contribution in [0.3, 0.4) is 0 Å². The van der Waals surface area contributed by atoms with Gasteiger partial charge in [0.25, 0.3) is 0 Å². The summed E-state index contributed by atoms with van der Waals surface area (Å²) >= 11 is 0. The van der Waals surface area contributed by atoms with Crippen LogP contribution in [0.25, 0.3) is 0 Å². The largest absolute Gasteiger partial charge is 0.337 e.